The Kier molecular flexibility index (Phi) is 40.9. The van der Waals surface area contributed by atoms with Crippen LogP contribution in [0.5, 0.6) is 0 Å². The molecule has 4 aliphatic carbocycles. The highest BCUT2D eigenvalue weighted by Crippen LogP contribution is 2.31. The van der Waals surface area contributed by atoms with Crippen LogP contribution in [-0.2, 0) is 41.3 Å². The number of ether oxygens (including phenoxy) is 6. The van der Waals surface area contributed by atoms with Gasteiger partial charge in [-0.1, -0.05) is 154 Å². The summed E-state index contributed by atoms with van der Waals surface area (Å²) in [5.41, 5.74) is 13.3. The van der Waals surface area contributed by atoms with Crippen molar-refractivity contribution in [1.29, 1.82) is 0 Å². The van der Waals surface area contributed by atoms with Crippen molar-refractivity contribution in [2.75, 3.05) is 76.6 Å². The predicted octanol–water partition coefficient (Wildman–Crippen LogP) is 21.7. The molecule has 0 aromatic heterocycles. The van der Waals surface area contributed by atoms with E-state index in [-0.39, 0.29) is 12.6 Å². The van der Waals surface area contributed by atoms with Crippen LogP contribution in [0.15, 0.2) is 65.8 Å². The molecule has 2 aromatic carbocycles. The third-order valence-electron chi connectivity index (χ3n) is 19.5. The summed E-state index contributed by atoms with van der Waals surface area (Å²) in [5.74, 6) is 8.35. The van der Waals surface area contributed by atoms with Crippen molar-refractivity contribution < 1.29 is 28.4 Å². The van der Waals surface area contributed by atoms with Gasteiger partial charge in [0.1, 0.15) is 0 Å². The van der Waals surface area contributed by atoms with Crippen LogP contribution in [0.25, 0.3) is 0 Å². The summed E-state index contributed by atoms with van der Waals surface area (Å²) in [6.07, 6.45) is 37.5. The first kappa shape index (κ1) is 80.3. The first-order valence-corrected chi connectivity index (χ1v) is 36.6. The van der Waals surface area contributed by atoms with E-state index in [1.54, 1.807) is 11.1 Å². The summed E-state index contributed by atoms with van der Waals surface area (Å²) in [6.45, 7) is 49.5. The molecular formula is C81H142N2O6. The first-order chi connectivity index (χ1) is 42.3. The maximum absolute atomic E-state index is 5.39. The minimum Gasteiger partial charge on any atom is -0.378 e. The number of anilines is 2. The van der Waals surface area contributed by atoms with E-state index in [0.717, 1.165) is 87.0 Å². The van der Waals surface area contributed by atoms with E-state index in [4.69, 9.17) is 28.4 Å². The van der Waals surface area contributed by atoms with Crippen LogP contribution in [0.4, 0.5) is 11.4 Å². The number of benzene rings is 2. The zero-order valence-corrected chi connectivity index (χ0v) is 61.9. The topological polar surface area (TPSA) is 61.9 Å². The highest BCUT2D eigenvalue weighted by atomic mass is 16.7. The highest BCUT2D eigenvalue weighted by Gasteiger charge is 2.19. The number of fused-ring (bicyclic) bond motifs is 2. The van der Waals surface area contributed by atoms with Crippen LogP contribution in [0.3, 0.4) is 0 Å². The molecule has 0 radical (unpaired) electrons. The monoisotopic (exact) mass is 1240 g/mol. The van der Waals surface area contributed by atoms with Crippen LogP contribution >= 0.6 is 0 Å². The van der Waals surface area contributed by atoms with Gasteiger partial charge < -0.3 is 38.2 Å². The third kappa shape index (κ3) is 36.9. The normalized spacial score (nSPS) is 31.1. The maximum Gasteiger partial charge on any atom is 0.154 e. The molecule has 4 saturated heterocycles. The Morgan fingerprint density at radius 2 is 0.719 bits per heavy atom. The molecule has 0 N–H and O–H groups in total. The van der Waals surface area contributed by atoms with Gasteiger partial charge in [0.25, 0.3) is 0 Å². The summed E-state index contributed by atoms with van der Waals surface area (Å²) >= 11 is 0. The second kappa shape index (κ2) is 45.4. The van der Waals surface area contributed by atoms with Gasteiger partial charge in [-0.25, -0.2) is 0 Å². The lowest BCUT2D eigenvalue weighted by Crippen LogP contribution is -2.27. The van der Waals surface area contributed by atoms with Crippen molar-refractivity contribution in [1.82, 2.24) is 0 Å². The predicted molar refractivity (Wildman–Crippen MR) is 386 cm³/mol. The molecule has 0 bridgehead atoms. The Hall–Kier alpha value is -2.98. The molecule has 5 fully saturated rings. The van der Waals surface area contributed by atoms with Gasteiger partial charge in [0, 0.05) is 63.6 Å². The molecule has 10 aliphatic rings. The van der Waals surface area contributed by atoms with Crippen molar-refractivity contribution >= 4 is 11.4 Å². The summed E-state index contributed by atoms with van der Waals surface area (Å²) in [5, 5.41) is 0. The molecular weight excluding hydrogens is 1100 g/mol. The second-order valence-corrected chi connectivity index (χ2v) is 30.2. The second-order valence-electron chi connectivity index (χ2n) is 30.2. The van der Waals surface area contributed by atoms with Crippen LogP contribution in [0, 0.1) is 80.0 Å². The highest BCUT2D eigenvalue weighted by molar-refractivity contribution is 5.58. The lowest BCUT2D eigenvalue weighted by molar-refractivity contribution is -0.187. The molecule has 1 saturated carbocycles. The van der Waals surface area contributed by atoms with E-state index in [1.807, 2.05) is 13.8 Å². The summed E-state index contributed by atoms with van der Waals surface area (Å²) in [7, 11) is 4.36. The van der Waals surface area contributed by atoms with E-state index in [0.29, 0.717) is 24.0 Å². The molecule has 0 spiro atoms. The van der Waals surface area contributed by atoms with Crippen molar-refractivity contribution in [2.45, 2.75) is 285 Å². The molecule has 8 nitrogen and oxygen atoms in total. The molecule has 6 heterocycles. The molecule has 0 amide bonds. The number of allylic oxidation sites excluding steroid dienone is 6. The van der Waals surface area contributed by atoms with Crippen molar-refractivity contribution in [3.05, 3.63) is 93.6 Å². The van der Waals surface area contributed by atoms with Gasteiger partial charge in [0.15, 0.2) is 12.6 Å². The van der Waals surface area contributed by atoms with Crippen molar-refractivity contribution in [3.8, 4) is 0 Å². The first-order valence-electron chi connectivity index (χ1n) is 36.6. The lowest BCUT2D eigenvalue weighted by atomic mass is 9.84. The summed E-state index contributed by atoms with van der Waals surface area (Å²) in [6, 6.07) is 11.4. The standard InChI is InChI=1S/C12H17N.C11H15N.C8H16.3C8H14.2C7H14O.2C6H12O2/c1-9-7-11-5-4-6-13(3)12(11)8-10(9)2;1-9-5-6-11-10(8-9)4-3-7-12(11)2;4*1-7-3-5-8(2)6-4-7;2*1-6-3-4-7(2)8-5-6;2*1-5-3-7-6(2)8-4-5/h7-8H,4-6H2,1-3H3;5-6,8H,3-4,7H2,1-2H3;7-8H,3-6H2,1-2H3;2*3,8H,4-6H2,1-2H3;3,5,7-8H,4,6H2,1-2H3;2*6-7H,3-5H2,1-2H3;2*5-6H,3-4H2,1-2H3. The Balaban J connectivity index is 0.000000260. The third-order valence-corrected chi connectivity index (χ3v) is 19.5. The van der Waals surface area contributed by atoms with Gasteiger partial charge in [-0.2, -0.15) is 0 Å². The van der Waals surface area contributed by atoms with Gasteiger partial charge in [0.05, 0.1) is 38.6 Å². The molecule has 512 valence electrons. The van der Waals surface area contributed by atoms with E-state index in [9.17, 15) is 0 Å². The maximum atomic E-state index is 5.39. The molecule has 8 unspecified atom stereocenters. The Bertz CT molecular complexity index is 2010. The van der Waals surface area contributed by atoms with E-state index < -0.39 is 0 Å². The van der Waals surface area contributed by atoms with Crippen LogP contribution in [0.2, 0.25) is 0 Å². The zero-order valence-electron chi connectivity index (χ0n) is 61.9. The number of hydrogen-bond acceptors (Lipinski definition) is 8. The molecule has 6 aliphatic heterocycles. The number of aryl methyl sites for hydroxylation is 5. The van der Waals surface area contributed by atoms with Gasteiger partial charge in [0.2, 0.25) is 0 Å². The quantitative estimate of drug-likeness (QED) is 0.242. The fraction of sp³-hybridized carbons (Fsp3) is 0.778. The average molecular weight is 1240 g/mol. The molecule has 8 heteroatoms. The molecule has 89 heavy (non-hydrogen) atoms. The Labute approximate surface area is 551 Å². The smallest absolute Gasteiger partial charge is 0.154 e. The molecule has 2 aromatic rings. The minimum absolute atomic E-state index is 0.0196. The van der Waals surface area contributed by atoms with Crippen LogP contribution < -0.4 is 9.80 Å². The van der Waals surface area contributed by atoms with E-state index in [1.165, 1.54) is 181 Å². The van der Waals surface area contributed by atoms with Gasteiger partial charge >= 0.3 is 0 Å². The summed E-state index contributed by atoms with van der Waals surface area (Å²) in [4.78, 5) is 4.71. The SMILES string of the molecule is CC1=CCC(C)CC1.CC1=CCC(C)CC1.CC1C=CC(C)CC1.CC1CCC(C)CC1.CC1CCC(C)OC1.CC1CCC(C)OC1.CC1COC(C)OC1.CC1COC(C)OC1.Cc1cc2c(cc1C)N(C)CCC2.Cc1ccc2c(c1)CCCN2C. The van der Waals surface area contributed by atoms with E-state index in [2.05, 4.69) is 196 Å². The number of nitrogens with zero attached hydrogens (tertiary/aromatic N) is 2. The lowest BCUT2D eigenvalue weighted by Gasteiger charge is -2.28. The largest absolute Gasteiger partial charge is 0.378 e. The fourth-order valence-electron chi connectivity index (χ4n) is 12.1. The van der Waals surface area contributed by atoms with E-state index >= 15 is 0 Å². The van der Waals surface area contributed by atoms with Crippen LogP contribution in [-0.4, -0.2) is 91.6 Å². The Morgan fingerprint density at radius 1 is 0.348 bits per heavy atom. The zero-order chi connectivity index (χ0) is 65.8. The number of rotatable bonds is 0. The summed E-state index contributed by atoms with van der Waals surface area (Å²) < 4.78 is 31.5. The molecule has 8 atom stereocenters. The van der Waals surface area contributed by atoms with Gasteiger partial charge in [-0.3, -0.25) is 0 Å². The van der Waals surface area contributed by atoms with Crippen LogP contribution in [0.1, 0.15) is 254 Å². The average Bonchev–Trinajstić information content (AvgIpc) is 2.72. The minimum atomic E-state index is 0.0196. The van der Waals surface area contributed by atoms with Gasteiger partial charge in [-0.05, 0) is 247 Å². The Morgan fingerprint density at radius 3 is 1.06 bits per heavy atom. The van der Waals surface area contributed by atoms with Crippen molar-refractivity contribution in [2.24, 2.45) is 59.2 Å². The van der Waals surface area contributed by atoms with Gasteiger partial charge in [-0.15, -0.1) is 0 Å². The molecule has 12 rings (SSSR count). The fourth-order valence-corrected chi connectivity index (χ4v) is 12.1. The van der Waals surface area contributed by atoms with Crippen molar-refractivity contribution in [3.63, 3.8) is 0 Å². The number of hydrogen-bond donors (Lipinski definition) is 0.